The second-order valence-electron chi connectivity index (χ2n) is 7.32. The van der Waals surface area contributed by atoms with Crippen LogP contribution in [0.5, 0.6) is 0 Å². The summed E-state index contributed by atoms with van der Waals surface area (Å²) in [6, 6.07) is 24.1. The minimum absolute atomic E-state index is 1.03. The summed E-state index contributed by atoms with van der Waals surface area (Å²) in [5, 5.41) is 1.21. The summed E-state index contributed by atoms with van der Waals surface area (Å²) in [4.78, 5) is 4.97. The highest BCUT2D eigenvalue weighted by atomic mass is 14.7. The van der Waals surface area contributed by atoms with Crippen LogP contribution in [0.3, 0.4) is 0 Å². The van der Waals surface area contributed by atoms with Crippen molar-refractivity contribution in [3.63, 3.8) is 0 Å². The maximum Gasteiger partial charge on any atom is 0.0716 e. The largest absolute Gasteiger partial charge is 0.248 e. The maximum atomic E-state index is 4.97. The number of aromatic nitrogens is 1. The van der Waals surface area contributed by atoms with E-state index in [9.17, 15) is 0 Å². The molecule has 4 aromatic rings. The summed E-state index contributed by atoms with van der Waals surface area (Å²) in [5.74, 6) is 0. The monoisotopic (exact) mass is 337 g/mol. The van der Waals surface area contributed by atoms with E-state index in [2.05, 4.69) is 94.4 Å². The van der Waals surface area contributed by atoms with E-state index in [0.29, 0.717) is 0 Å². The van der Waals surface area contributed by atoms with Gasteiger partial charge in [0.25, 0.3) is 0 Å². The summed E-state index contributed by atoms with van der Waals surface area (Å²) in [7, 11) is 0. The smallest absolute Gasteiger partial charge is 0.0716 e. The number of hydrogen-bond donors (Lipinski definition) is 0. The number of aryl methyl sites for hydroxylation is 4. The van der Waals surface area contributed by atoms with Crippen molar-refractivity contribution in [1.29, 1.82) is 0 Å². The Hall–Kier alpha value is -2.93. The Bertz CT molecular complexity index is 1080. The third-order valence-electron chi connectivity index (χ3n) is 4.84. The minimum Gasteiger partial charge on any atom is -0.248 e. The number of nitrogens with zero attached hydrogens (tertiary/aromatic N) is 1. The zero-order valence-corrected chi connectivity index (χ0v) is 15.8. The normalized spacial score (nSPS) is 11.1. The third kappa shape index (κ3) is 3.13. The number of fused-ring (bicyclic) bond motifs is 1. The van der Waals surface area contributed by atoms with Crippen LogP contribution in [0.15, 0.2) is 66.7 Å². The predicted octanol–water partition coefficient (Wildman–Crippen LogP) is 6.80. The van der Waals surface area contributed by atoms with E-state index in [4.69, 9.17) is 4.98 Å². The Kier molecular flexibility index (Phi) is 4.08. The van der Waals surface area contributed by atoms with Gasteiger partial charge in [0.15, 0.2) is 0 Å². The van der Waals surface area contributed by atoms with Gasteiger partial charge in [0, 0.05) is 10.9 Å². The summed E-state index contributed by atoms with van der Waals surface area (Å²) in [5.41, 5.74) is 10.8. The van der Waals surface area contributed by atoms with Crippen molar-refractivity contribution in [1.82, 2.24) is 4.98 Å². The van der Waals surface area contributed by atoms with Gasteiger partial charge in [0.05, 0.1) is 11.2 Å². The van der Waals surface area contributed by atoms with Crippen LogP contribution in [0.1, 0.15) is 22.3 Å². The molecule has 0 saturated heterocycles. The molecular formula is C25H23N. The molecule has 1 heteroatoms. The lowest BCUT2D eigenvalue weighted by molar-refractivity contribution is 1.34. The van der Waals surface area contributed by atoms with E-state index in [1.54, 1.807) is 0 Å². The van der Waals surface area contributed by atoms with E-state index in [-0.39, 0.29) is 0 Å². The molecule has 0 amide bonds. The molecule has 1 aromatic heterocycles. The molecule has 0 saturated carbocycles. The molecule has 0 spiro atoms. The fraction of sp³-hybridized carbons (Fsp3) is 0.160. The Morgan fingerprint density at radius 2 is 1.19 bits per heavy atom. The van der Waals surface area contributed by atoms with Crippen molar-refractivity contribution in [3.8, 4) is 22.4 Å². The Morgan fingerprint density at radius 3 is 1.88 bits per heavy atom. The van der Waals surface area contributed by atoms with E-state index in [0.717, 1.165) is 11.2 Å². The highest BCUT2D eigenvalue weighted by molar-refractivity contribution is 5.97. The molecule has 128 valence electrons. The molecule has 0 fully saturated rings. The SMILES string of the molecule is Cc1ccc(-c2cc(-c3cc(C)cc(C)c3)nc3ccc(C)cc23)cc1. The van der Waals surface area contributed by atoms with Gasteiger partial charge in [0.1, 0.15) is 0 Å². The Balaban J connectivity index is 2.01. The van der Waals surface area contributed by atoms with Crippen LogP contribution in [0, 0.1) is 27.7 Å². The van der Waals surface area contributed by atoms with Gasteiger partial charge in [-0.1, -0.05) is 58.7 Å². The highest BCUT2D eigenvalue weighted by Crippen LogP contribution is 2.33. The van der Waals surface area contributed by atoms with Gasteiger partial charge >= 0.3 is 0 Å². The van der Waals surface area contributed by atoms with Gasteiger partial charge < -0.3 is 0 Å². The average molecular weight is 337 g/mol. The fourth-order valence-corrected chi connectivity index (χ4v) is 3.58. The third-order valence-corrected chi connectivity index (χ3v) is 4.84. The lowest BCUT2D eigenvalue weighted by atomic mass is 9.96. The number of pyridine rings is 1. The molecule has 3 aromatic carbocycles. The van der Waals surface area contributed by atoms with E-state index in [1.807, 2.05) is 0 Å². The standard InChI is InChI=1S/C25H23N/c1-16-5-8-20(9-6-16)22-15-25(21-12-18(3)11-19(4)13-21)26-24-10-7-17(2)14-23(22)24/h5-15H,1-4H3. The average Bonchev–Trinajstić information content (AvgIpc) is 2.61. The molecule has 4 rings (SSSR count). The van der Waals surface area contributed by atoms with Gasteiger partial charge in [-0.05, 0) is 69.2 Å². The van der Waals surface area contributed by atoms with Crippen molar-refractivity contribution in [2.75, 3.05) is 0 Å². The fourth-order valence-electron chi connectivity index (χ4n) is 3.58. The Labute approximate surface area is 155 Å². The molecular weight excluding hydrogens is 314 g/mol. The van der Waals surface area contributed by atoms with E-state index < -0.39 is 0 Å². The van der Waals surface area contributed by atoms with Crippen molar-refractivity contribution in [2.24, 2.45) is 0 Å². The van der Waals surface area contributed by atoms with E-state index in [1.165, 1.54) is 44.3 Å². The van der Waals surface area contributed by atoms with Crippen molar-refractivity contribution in [3.05, 3.63) is 89.0 Å². The first-order valence-electron chi connectivity index (χ1n) is 9.07. The topological polar surface area (TPSA) is 12.9 Å². The lowest BCUT2D eigenvalue weighted by Crippen LogP contribution is -1.92. The second-order valence-corrected chi connectivity index (χ2v) is 7.32. The zero-order chi connectivity index (χ0) is 18.3. The van der Waals surface area contributed by atoms with Crippen LogP contribution in [-0.2, 0) is 0 Å². The summed E-state index contributed by atoms with van der Waals surface area (Å²) in [6.45, 7) is 8.54. The molecule has 0 aliphatic rings. The van der Waals surface area contributed by atoms with Crippen LogP contribution < -0.4 is 0 Å². The highest BCUT2D eigenvalue weighted by Gasteiger charge is 2.10. The van der Waals surface area contributed by atoms with Crippen LogP contribution >= 0.6 is 0 Å². The van der Waals surface area contributed by atoms with E-state index >= 15 is 0 Å². The Morgan fingerprint density at radius 1 is 0.538 bits per heavy atom. The van der Waals surface area contributed by atoms with Crippen molar-refractivity contribution in [2.45, 2.75) is 27.7 Å². The maximum absolute atomic E-state index is 4.97. The first-order chi connectivity index (χ1) is 12.5. The molecule has 0 unspecified atom stereocenters. The molecule has 0 radical (unpaired) electrons. The molecule has 1 heterocycles. The molecule has 0 bridgehead atoms. The van der Waals surface area contributed by atoms with Crippen LogP contribution in [0.4, 0.5) is 0 Å². The molecule has 0 aliphatic carbocycles. The minimum atomic E-state index is 1.03. The zero-order valence-electron chi connectivity index (χ0n) is 15.8. The summed E-state index contributed by atoms with van der Waals surface area (Å²) in [6.07, 6.45) is 0. The van der Waals surface area contributed by atoms with Gasteiger partial charge in [-0.2, -0.15) is 0 Å². The quantitative estimate of drug-likeness (QED) is 0.392. The molecule has 0 aliphatic heterocycles. The first kappa shape index (κ1) is 16.5. The molecule has 0 atom stereocenters. The van der Waals surface area contributed by atoms with Gasteiger partial charge in [0.2, 0.25) is 0 Å². The lowest BCUT2D eigenvalue weighted by Gasteiger charge is -2.12. The van der Waals surface area contributed by atoms with Crippen LogP contribution in [-0.4, -0.2) is 4.98 Å². The van der Waals surface area contributed by atoms with Gasteiger partial charge in [-0.15, -0.1) is 0 Å². The number of rotatable bonds is 2. The molecule has 0 N–H and O–H groups in total. The second kappa shape index (κ2) is 6.42. The van der Waals surface area contributed by atoms with Crippen molar-refractivity contribution >= 4 is 10.9 Å². The molecule has 1 nitrogen and oxygen atoms in total. The van der Waals surface area contributed by atoms with Crippen LogP contribution in [0.2, 0.25) is 0 Å². The van der Waals surface area contributed by atoms with Gasteiger partial charge in [-0.3, -0.25) is 0 Å². The predicted molar refractivity (Wildman–Crippen MR) is 112 cm³/mol. The summed E-state index contributed by atoms with van der Waals surface area (Å²) >= 11 is 0. The molecule has 26 heavy (non-hydrogen) atoms. The summed E-state index contributed by atoms with van der Waals surface area (Å²) < 4.78 is 0. The first-order valence-corrected chi connectivity index (χ1v) is 9.07. The van der Waals surface area contributed by atoms with Gasteiger partial charge in [-0.25, -0.2) is 4.98 Å². The number of benzene rings is 3. The van der Waals surface area contributed by atoms with Crippen LogP contribution in [0.25, 0.3) is 33.3 Å². The number of hydrogen-bond acceptors (Lipinski definition) is 1. The van der Waals surface area contributed by atoms with Crippen molar-refractivity contribution < 1.29 is 0 Å².